The van der Waals surface area contributed by atoms with Gasteiger partial charge >= 0.3 is 0 Å². The summed E-state index contributed by atoms with van der Waals surface area (Å²) >= 11 is 0. The summed E-state index contributed by atoms with van der Waals surface area (Å²) in [5.74, 6) is 1.90. The number of aryl methyl sites for hydroxylation is 1. The maximum atomic E-state index is 12.2. The summed E-state index contributed by atoms with van der Waals surface area (Å²) in [6.07, 6.45) is 6.34. The van der Waals surface area contributed by atoms with E-state index < -0.39 is 0 Å². The molecule has 2 atom stereocenters. The SMILES string of the molecule is Cn1ncc(C#N)c1NC(=O)C1C2CCCCC21. The van der Waals surface area contributed by atoms with Crippen LogP contribution in [0.3, 0.4) is 0 Å². The van der Waals surface area contributed by atoms with Crippen LogP contribution in [-0.2, 0) is 11.8 Å². The minimum atomic E-state index is 0.0620. The average Bonchev–Trinajstić information content (AvgIpc) is 3.02. The third-order valence-corrected chi connectivity index (χ3v) is 4.26. The van der Waals surface area contributed by atoms with Gasteiger partial charge in [-0.3, -0.25) is 9.48 Å². The number of nitrogens with one attached hydrogen (secondary N) is 1. The predicted molar refractivity (Wildman–Crippen MR) is 65.5 cm³/mol. The van der Waals surface area contributed by atoms with Crippen LogP contribution in [-0.4, -0.2) is 15.7 Å². The molecule has 0 aromatic carbocycles. The number of carbonyl (C=O) groups is 1. The highest BCUT2D eigenvalue weighted by Crippen LogP contribution is 2.55. The number of nitrogens with zero attached hydrogens (tertiary/aromatic N) is 3. The van der Waals surface area contributed by atoms with Crippen LogP contribution in [0.25, 0.3) is 0 Å². The summed E-state index contributed by atoms with van der Waals surface area (Å²) in [6.45, 7) is 0. The number of fused-ring (bicyclic) bond motifs is 1. The average molecular weight is 244 g/mol. The van der Waals surface area contributed by atoms with Crippen molar-refractivity contribution < 1.29 is 4.79 Å². The van der Waals surface area contributed by atoms with E-state index in [4.69, 9.17) is 5.26 Å². The van der Waals surface area contributed by atoms with Gasteiger partial charge in [0.2, 0.25) is 5.91 Å². The van der Waals surface area contributed by atoms with Crippen molar-refractivity contribution in [1.82, 2.24) is 9.78 Å². The molecule has 1 heterocycles. The zero-order valence-electron chi connectivity index (χ0n) is 10.4. The lowest BCUT2D eigenvalue weighted by atomic mass is 10.0. The molecule has 1 amide bonds. The van der Waals surface area contributed by atoms with Crippen LogP contribution < -0.4 is 5.32 Å². The minimum Gasteiger partial charge on any atom is -0.310 e. The highest BCUT2D eigenvalue weighted by Gasteiger charge is 2.54. The summed E-state index contributed by atoms with van der Waals surface area (Å²) in [7, 11) is 1.73. The number of nitriles is 1. The second-order valence-corrected chi connectivity index (χ2v) is 5.27. The Labute approximate surface area is 106 Å². The van der Waals surface area contributed by atoms with E-state index in [1.54, 1.807) is 11.7 Å². The predicted octanol–water partition coefficient (Wildman–Crippen LogP) is 1.67. The van der Waals surface area contributed by atoms with Gasteiger partial charge in [-0.25, -0.2) is 0 Å². The number of hydrogen-bond acceptors (Lipinski definition) is 3. The maximum absolute atomic E-state index is 12.2. The van der Waals surface area contributed by atoms with Crippen LogP contribution in [0.5, 0.6) is 0 Å². The summed E-state index contributed by atoms with van der Waals surface area (Å²) < 4.78 is 1.54. The Morgan fingerprint density at radius 1 is 1.50 bits per heavy atom. The van der Waals surface area contributed by atoms with Gasteiger partial charge in [-0.2, -0.15) is 10.4 Å². The first-order valence-corrected chi connectivity index (χ1v) is 6.45. The standard InChI is InChI=1S/C13H16N4O/c1-17-12(8(6-14)7-15-17)16-13(18)11-9-4-2-3-5-10(9)11/h7,9-11H,2-5H2,1H3,(H,16,18). The van der Waals surface area contributed by atoms with Crippen molar-refractivity contribution in [3.8, 4) is 6.07 Å². The lowest BCUT2D eigenvalue weighted by molar-refractivity contribution is -0.117. The molecule has 2 fully saturated rings. The monoisotopic (exact) mass is 244 g/mol. The van der Waals surface area contributed by atoms with Gasteiger partial charge in [0, 0.05) is 13.0 Å². The molecular formula is C13H16N4O. The smallest absolute Gasteiger partial charge is 0.229 e. The lowest BCUT2D eigenvalue weighted by Crippen LogP contribution is -2.18. The van der Waals surface area contributed by atoms with E-state index in [-0.39, 0.29) is 11.8 Å². The van der Waals surface area contributed by atoms with E-state index in [1.165, 1.54) is 31.9 Å². The van der Waals surface area contributed by atoms with Crippen LogP contribution in [0.1, 0.15) is 31.2 Å². The van der Waals surface area contributed by atoms with Crippen molar-refractivity contribution in [3.05, 3.63) is 11.8 Å². The Morgan fingerprint density at radius 3 is 2.78 bits per heavy atom. The zero-order chi connectivity index (χ0) is 12.7. The van der Waals surface area contributed by atoms with Crippen LogP contribution in [0.15, 0.2) is 6.20 Å². The topological polar surface area (TPSA) is 70.7 Å². The molecule has 0 radical (unpaired) electrons. The van der Waals surface area contributed by atoms with Gasteiger partial charge in [0.05, 0.1) is 6.20 Å². The molecule has 5 nitrogen and oxygen atoms in total. The molecule has 2 aliphatic carbocycles. The van der Waals surface area contributed by atoms with E-state index in [0.717, 1.165) is 0 Å². The number of carbonyl (C=O) groups excluding carboxylic acids is 1. The van der Waals surface area contributed by atoms with Gasteiger partial charge in [-0.05, 0) is 24.7 Å². The van der Waals surface area contributed by atoms with Crippen molar-refractivity contribution in [3.63, 3.8) is 0 Å². The van der Waals surface area contributed by atoms with Crippen LogP contribution in [0.2, 0.25) is 0 Å². The molecule has 2 unspecified atom stereocenters. The van der Waals surface area contributed by atoms with E-state index >= 15 is 0 Å². The molecule has 3 rings (SSSR count). The molecule has 5 heteroatoms. The van der Waals surface area contributed by atoms with Gasteiger partial charge in [0.1, 0.15) is 17.5 Å². The van der Waals surface area contributed by atoms with Crippen LogP contribution in [0, 0.1) is 29.1 Å². The van der Waals surface area contributed by atoms with E-state index in [2.05, 4.69) is 10.4 Å². The molecule has 0 saturated heterocycles. The quantitative estimate of drug-likeness (QED) is 0.860. The first-order valence-electron chi connectivity index (χ1n) is 6.45. The van der Waals surface area contributed by atoms with Crippen molar-refractivity contribution in [2.75, 3.05) is 5.32 Å². The number of amides is 1. The molecule has 1 N–H and O–H groups in total. The van der Waals surface area contributed by atoms with Gasteiger partial charge < -0.3 is 5.32 Å². The lowest BCUT2D eigenvalue weighted by Gasteiger charge is -2.05. The third-order valence-electron chi connectivity index (χ3n) is 4.26. The fourth-order valence-corrected chi connectivity index (χ4v) is 3.25. The molecule has 1 aromatic heterocycles. The van der Waals surface area contributed by atoms with E-state index in [0.29, 0.717) is 23.2 Å². The number of anilines is 1. The van der Waals surface area contributed by atoms with Crippen LogP contribution in [0.4, 0.5) is 5.82 Å². The van der Waals surface area contributed by atoms with E-state index in [1.807, 2.05) is 6.07 Å². The summed E-state index contributed by atoms with van der Waals surface area (Å²) in [5, 5.41) is 15.8. The molecule has 0 bridgehead atoms. The fourth-order valence-electron chi connectivity index (χ4n) is 3.25. The minimum absolute atomic E-state index is 0.0620. The second kappa shape index (κ2) is 4.13. The van der Waals surface area contributed by atoms with Gasteiger partial charge in [-0.15, -0.1) is 0 Å². The third kappa shape index (κ3) is 1.69. The van der Waals surface area contributed by atoms with Crippen molar-refractivity contribution in [2.24, 2.45) is 24.8 Å². The van der Waals surface area contributed by atoms with Crippen LogP contribution >= 0.6 is 0 Å². The molecule has 2 saturated carbocycles. The largest absolute Gasteiger partial charge is 0.310 e. The van der Waals surface area contributed by atoms with Gasteiger partial charge in [0.25, 0.3) is 0 Å². The number of aromatic nitrogens is 2. The number of rotatable bonds is 2. The molecule has 2 aliphatic rings. The Morgan fingerprint density at radius 2 is 2.17 bits per heavy atom. The van der Waals surface area contributed by atoms with Crippen molar-refractivity contribution in [2.45, 2.75) is 25.7 Å². The normalized spacial score (nSPS) is 29.2. The highest BCUT2D eigenvalue weighted by atomic mass is 16.2. The summed E-state index contributed by atoms with van der Waals surface area (Å²) in [6, 6.07) is 2.05. The summed E-state index contributed by atoms with van der Waals surface area (Å²) in [5.41, 5.74) is 0.425. The molecule has 0 spiro atoms. The zero-order valence-corrected chi connectivity index (χ0v) is 10.4. The van der Waals surface area contributed by atoms with Gasteiger partial charge in [0.15, 0.2) is 0 Å². The maximum Gasteiger partial charge on any atom is 0.229 e. The first-order chi connectivity index (χ1) is 8.72. The summed E-state index contributed by atoms with van der Waals surface area (Å²) in [4.78, 5) is 12.2. The van der Waals surface area contributed by atoms with Crippen molar-refractivity contribution >= 4 is 11.7 Å². The molecular weight excluding hydrogens is 228 g/mol. The molecule has 0 aliphatic heterocycles. The molecule has 18 heavy (non-hydrogen) atoms. The van der Waals surface area contributed by atoms with Gasteiger partial charge in [-0.1, -0.05) is 12.8 Å². The second-order valence-electron chi connectivity index (χ2n) is 5.27. The molecule has 1 aromatic rings. The Bertz CT molecular complexity index is 516. The van der Waals surface area contributed by atoms with Crippen molar-refractivity contribution in [1.29, 1.82) is 5.26 Å². The highest BCUT2D eigenvalue weighted by molar-refractivity contribution is 5.95. The first kappa shape index (κ1) is 11.3. The Kier molecular flexibility index (Phi) is 2.58. The van der Waals surface area contributed by atoms with E-state index in [9.17, 15) is 4.79 Å². The fraction of sp³-hybridized carbons (Fsp3) is 0.615. The Balaban J connectivity index is 1.72. The Hall–Kier alpha value is -1.83. The molecule has 94 valence electrons. The number of hydrogen-bond donors (Lipinski definition) is 1.